The Balaban J connectivity index is 1.80. The molecule has 1 amide bonds. The number of aliphatic hydroxyl groups is 1. The van der Waals surface area contributed by atoms with Crippen LogP contribution in [0.5, 0.6) is 0 Å². The molecule has 3 N–H and O–H groups in total. The van der Waals surface area contributed by atoms with Gasteiger partial charge in [0.25, 0.3) is 5.91 Å². The first-order chi connectivity index (χ1) is 9.06. The Bertz CT molecular complexity index is 493. The minimum atomic E-state index is -0.288. The third kappa shape index (κ3) is 2.34. The second-order valence-corrected chi connectivity index (χ2v) is 5.88. The van der Waals surface area contributed by atoms with Crippen molar-refractivity contribution in [3.8, 4) is 0 Å². The summed E-state index contributed by atoms with van der Waals surface area (Å²) in [5.41, 5.74) is 7.18. The normalized spacial score (nSPS) is 27.6. The van der Waals surface area contributed by atoms with Gasteiger partial charge in [-0.05, 0) is 31.2 Å². The van der Waals surface area contributed by atoms with Crippen molar-refractivity contribution < 1.29 is 9.90 Å². The van der Waals surface area contributed by atoms with Crippen LogP contribution < -0.4 is 5.73 Å². The molecule has 2 atom stereocenters. The molecule has 19 heavy (non-hydrogen) atoms. The van der Waals surface area contributed by atoms with Gasteiger partial charge in [0.15, 0.2) is 0 Å². The molecule has 1 aliphatic carbocycles. The third-order valence-electron chi connectivity index (χ3n) is 4.18. The first kappa shape index (κ1) is 12.5. The van der Waals surface area contributed by atoms with Gasteiger partial charge in [-0.2, -0.15) is 0 Å². The van der Waals surface area contributed by atoms with E-state index in [0.717, 1.165) is 12.8 Å². The van der Waals surface area contributed by atoms with Crippen molar-refractivity contribution in [2.24, 2.45) is 5.92 Å². The molecule has 1 aromatic rings. The van der Waals surface area contributed by atoms with Gasteiger partial charge in [-0.3, -0.25) is 4.79 Å². The monoisotopic (exact) mass is 263 g/mol. The fourth-order valence-corrected chi connectivity index (χ4v) is 2.81. The zero-order valence-corrected chi connectivity index (χ0v) is 11.2. The summed E-state index contributed by atoms with van der Waals surface area (Å²) in [4.78, 5) is 14.4. The molecule has 2 unspecified atom stereocenters. The lowest BCUT2D eigenvalue weighted by molar-refractivity contribution is 0.0291. The van der Waals surface area contributed by atoms with E-state index in [2.05, 4.69) is 0 Å². The molecule has 1 aliphatic heterocycles. The molecule has 2 fully saturated rings. The molecule has 2 heterocycles. The number of nitrogen functional groups attached to an aromatic ring is 1. The van der Waals surface area contributed by atoms with Gasteiger partial charge in [0.1, 0.15) is 5.69 Å². The SMILES string of the molecule is CC1CN(C(=O)c2cc(N)cn2C2CC2)CCC1O. The van der Waals surface area contributed by atoms with Gasteiger partial charge in [0, 0.05) is 25.3 Å². The van der Waals surface area contributed by atoms with Crippen molar-refractivity contribution in [3.05, 3.63) is 18.0 Å². The zero-order chi connectivity index (χ0) is 13.6. The number of carbonyl (C=O) groups is 1. The molecule has 104 valence electrons. The number of nitrogens with zero attached hydrogens (tertiary/aromatic N) is 2. The maximum Gasteiger partial charge on any atom is 0.270 e. The molecule has 0 spiro atoms. The molecule has 2 aliphatic rings. The minimum Gasteiger partial charge on any atom is -0.397 e. The molecule has 3 rings (SSSR count). The van der Waals surface area contributed by atoms with Gasteiger partial charge in [0.05, 0.1) is 11.8 Å². The van der Waals surface area contributed by atoms with Crippen LogP contribution in [0, 0.1) is 5.92 Å². The number of piperidine rings is 1. The van der Waals surface area contributed by atoms with E-state index in [-0.39, 0.29) is 17.9 Å². The van der Waals surface area contributed by atoms with Crippen molar-refractivity contribution in [3.63, 3.8) is 0 Å². The highest BCUT2D eigenvalue weighted by Gasteiger charge is 2.32. The van der Waals surface area contributed by atoms with Crippen molar-refractivity contribution in [1.29, 1.82) is 0 Å². The molecule has 0 aromatic carbocycles. The number of aliphatic hydroxyl groups excluding tert-OH is 1. The van der Waals surface area contributed by atoms with Crippen LogP contribution in [0.1, 0.15) is 42.7 Å². The van der Waals surface area contributed by atoms with Gasteiger partial charge in [0.2, 0.25) is 0 Å². The summed E-state index contributed by atoms with van der Waals surface area (Å²) in [6.45, 7) is 3.23. The van der Waals surface area contributed by atoms with Crippen LogP contribution in [0.25, 0.3) is 0 Å². The summed E-state index contributed by atoms with van der Waals surface area (Å²) >= 11 is 0. The Labute approximate surface area is 113 Å². The highest BCUT2D eigenvalue weighted by molar-refractivity contribution is 5.94. The van der Waals surface area contributed by atoms with Crippen molar-refractivity contribution in [1.82, 2.24) is 9.47 Å². The number of hydrogen-bond donors (Lipinski definition) is 2. The number of hydrogen-bond acceptors (Lipinski definition) is 3. The van der Waals surface area contributed by atoms with Crippen LogP contribution in [-0.4, -0.2) is 39.7 Å². The van der Waals surface area contributed by atoms with Gasteiger partial charge >= 0.3 is 0 Å². The van der Waals surface area contributed by atoms with E-state index in [1.54, 1.807) is 6.07 Å². The Hall–Kier alpha value is -1.49. The Morgan fingerprint density at radius 3 is 2.79 bits per heavy atom. The molecule has 1 saturated heterocycles. The van der Waals surface area contributed by atoms with E-state index in [1.807, 2.05) is 22.6 Å². The predicted octanol–water partition coefficient (Wildman–Crippen LogP) is 1.25. The van der Waals surface area contributed by atoms with Crippen LogP contribution in [0.4, 0.5) is 5.69 Å². The number of rotatable bonds is 2. The summed E-state index contributed by atoms with van der Waals surface area (Å²) in [5.74, 6) is 0.182. The molecular formula is C14H21N3O2. The highest BCUT2D eigenvalue weighted by atomic mass is 16.3. The summed E-state index contributed by atoms with van der Waals surface area (Å²) in [6, 6.07) is 2.22. The summed E-state index contributed by atoms with van der Waals surface area (Å²) in [7, 11) is 0. The Kier molecular flexibility index (Phi) is 3.01. The number of likely N-dealkylation sites (tertiary alicyclic amines) is 1. The second kappa shape index (κ2) is 4.56. The average molecular weight is 263 g/mol. The summed E-state index contributed by atoms with van der Waals surface area (Å²) in [6.07, 6.45) is 4.50. The molecule has 0 radical (unpaired) electrons. The minimum absolute atomic E-state index is 0.0438. The van der Waals surface area contributed by atoms with Crippen LogP contribution in [0.2, 0.25) is 0 Å². The van der Waals surface area contributed by atoms with Gasteiger partial charge in [-0.1, -0.05) is 6.92 Å². The standard InChI is InChI=1S/C14H21N3O2/c1-9-7-16(5-4-13(9)18)14(19)12-6-10(15)8-17(12)11-2-3-11/h6,8-9,11,13,18H,2-5,7,15H2,1H3. The van der Waals surface area contributed by atoms with E-state index in [4.69, 9.17) is 5.73 Å². The van der Waals surface area contributed by atoms with Gasteiger partial charge in [-0.25, -0.2) is 0 Å². The zero-order valence-electron chi connectivity index (χ0n) is 11.2. The van der Waals surface area contributed by atoms with Crippen molar-refractivity contribution >= 4 is 11.6 Å². The highest BCUT2D eigenvalue weighted by Crippen LogP contribution is 2.37. The van der Waals surface area contributed by atoms with E-state index >= 15 is 0 Å². The molecular weight excluding hydrogens is 242 g/mol. The van der Waals surface area contributed by atoms with Crippen LogP contribution in [-0.2, 0) is 0 Å². The van der Waals surface area contributed by atoms with Crippen LogP contribution >= 0.6 is 0 Å². The number of aromatic nitrogens is 1. The molecule has 5 heteroatoms. The topological polar surface area (TPSA) is 71.5 Å². The average Bonchev–Trinajstić information content (AvgIpc) is 3.15. The Morgan fingerprint density at radius 2 is 2.16 bits per heavy atom. The van der Waals surface area contributed by atoms with Gasteiger partial charge in [-0.15, -0.1) is 0 Å². The lowest BCUT2D eigenvalue weighted by Gasteiger charge is -2.34. The van der Waals surface area contributed by atoms with Crippen molar-refractivity contribution in [2.75, 3.05) is 18.8 Å². The van der Waals surface area contributed by atoms with Crippen molar-refractivity contribution in [2.45, 2.75) is 38.3 Å². The number of amides is 1. The van der Waals surface area contributed by atoms with Crippen LogP contribution in [0.15, 0.2) is 12.3 Å². The summed E-state index contributed by atoms with van der Waals surface area (Å²) < 4.78 is 2.02. The smallest absolute Gasteiger partial charge is 0.270 e. The van der Waals surface area contributed by atoms with Gasteiger partial charge < -0.3 is 20.3 Å². The number of carbonyl (C=O) groups excluding carboxylic acids is 1. The number of nitrogens with two attached hydrogens (primary N) is 1. The fraction of sp³-hybridized carbons (Fsp3) is 0.643. The maximum absolute atomic E-state index is 12.6. The third-order valence-corrected chi connectivity index (χ3v) is 4.18. The van der Waals surface area contributed by atoms with Crippen LogP contribution in [0.3, 0.4) is 0 Å². The van der Waals surface area contributed by atoms with E-state index in [0.29, 0.717) is 36.9 Å². The quantitative estimate of drug-likeness (QED) is 0.843. The summed E-state index contributed by atoms with van der Waals surface area (Å²) in [5, 5.41) is 9.74. The Morgan fingerprint density at radius 1 is 1.42 bits per heavy atom. The van der Waals surface area contributed by atoms with E-state index in [9.17, 15) is 9.90 Å². The van der Waals surface area contributed by atoms with E-state index < -0.39 is 0 Å². The van der Waals surface area contributed by atoms with E-state index in [1.165, 1.54) is 0 Å². The number of anilines is 1. The maximum atomic E-state index is 12.6. The largest absolute Gasteiger partial charge is 0.397 e. The molecule has 1 saturated carbocycles. The predicted molar refractivity (Wildman–Crippen MR) is 72.8 cm³/mol. The second-order valence-electron chi connectivity index (χ2n) is 5.88. The first-order valence-corrected chi connectivity index (χ1v) is 7.01. The molecule has 1 aromatic heterocycles. The lowest BCUT2D eigenvalue weighted by Crippen LogP contribution is -2.45. The molecule has 5 nitrogen and oxygen atoms in total. The first-order valence-electron chi connectivity index (χ1n) is 7.01. The lowest BCUT2D eigenvalue weighted by atomic mass is 9.96. The fourth-order valence-electron chi connectivity index (χ4n) is 2.81. The molecule has 0 bridgehead atoms.